The smallest absolute Gasteiger partial charge is 0.275 e. The number of carbonyl (C=O) groups is 1. The van der Waals surface area contributed by atoms with Crippen molar-refractivity contribution in [1.82, 2.24) is 5.32 Å². The molecule has 1 aromatic carbocycles. The molecule has 2 atom stereocenters. The Morgan fingerprint density at radius 2 is 2.19 bits per heavy atom. The Morgan fingerprint density at radius 3 is 2.85 bits per heavy atom. The summed E-state index contributed by atoms with van der Waals surface area (Å²) in [6.45, 7) is 3.60. The van der Waals surface area contributed by atoms with Crippen LogP contribution in [-0.2, 0) is 22.6 Å². The predicted molar refractivity (Wildman–Crippen MR) is 103 cm³/mol. The van der Waals surface area contributed by atoms with Gasteiger partial charge in [0, 0.05) is 13.2 Å². The molecule has 0 bridgehead atoms. The standard InChI is InChI=1S/C20H26N2O3S/c1-24-17-8-6-16(7-9-17)12-21-20(23)15-22(13-18-4-2-10-25-18)14-19-5-3-11-26-19/h3,5-9,11,18H,2,4,10,12-15H2,1H3,(H,21,23)/p+1/t18-/m1/s1. The van der Waals surface area contributed by atoms with Crippen LogP contribution in [0.4, 0.5) is 0 Å². The summed E-state index contributed by atoms with van der Waals surface area (Å²) in [5, 5.41) is 5.12. The van der Waals surface area contributed by atoms with E-state index in [1.165, 1.54) is 9.78 Å². The minimum atomic E-state index is 0.0744. The Kier molecular flexibility index (Phi) is 7.05. The molecule has 1 amide bonds. The number of quaternary nitrogens is 1. The number of nitrogens with one attached hydrogen (secondary N) is 2. The first-order valence-electron chi connectivity index (χ1n) is 9.10. The number of benzene rings is 1. The zero-order valence-corrected chi connectivity index (χ0v) is 16.0. The Bertz CT molecular complexity index is 667. The minimum Gasteiger partial charge on any atom is -0.497 e. The van der Waals surface area contributed by atoms with Crippen LogP contribution in [-0.4, -0.2) is 38.8 Å². The van der Waals surface area contributed by atoms with Gasteiger partial charge in [-0.15, -0.1) is 11.3 Å². The maximum absolute atomic E-state index is 12.5. The third-order valence-electron chi connectivity index (χ3n) is 4.60. The van der Waals surface area contributed by atoms with Gasteiger partial charge in [0.2, 0.25) is 0 Å². The van der Waals surface area contributed by atoms with Crippen molar-refractivity contribution in [2.75, 3.05) is 26.8 Å². The van der Waals surface area contributed by atoms with E-state index in [9.17, 15) is 4.79 Å². The van der Waals surface area contributed by atoms with E-state index in [4.69, 9.17) is 9.47 Å². The number of ether oxygens (including phenoxy) is 2. The van der Waals surface area contributed by atoms with E-state index >= 15 is 0 Å². The molecular weight excluding hydrogens is 348 g/mol. The summed E-state index contributed by atoms with van der Waals surface area (Å²) < 4.78 is 10.9. The molecule has 1 fully saturated rings. The van der Waals surface area contributed by atoms with Crippen LogP contribution in [0.15, 0.2) is 41.8 Å². The summed E-state index contributed by atoms with van der Waals surface area (Å²) >= 11 is 1.74. The molecule has 2 heterocycles. The molecule has 140 valence electrons. The van der Waals surface area contributed by atoms with Gasteiger partial charge in [-0.3, -0.25) is 4.79 Å². The van der Waals surface area contributed by atoms with Gasteiger partial charge in [0.05, 0.1) is 12.0 Å². The topological polar surface area (TPSA) is 52.0 Å². The third kappa shape index (κ3) is 5.83. The maximum atomic E-state index is 12.5. The van der Waals surface area contributed by atoms with Gasteiger partial charge in [0.25, 0.3) is 5.91 Å². The highest BCUT2D eigenvalue weighted by Crippen LogP contribution is 2.12. The number of carbonyl (C=O) groups excluding carboxylic acids is 1. The van der Waals surface area contributed by atoms with Gasteiger partial charge in [-0.2, -0.15) is 0 Å². The molecule has 1 saturated heterocycles. The Morgan fingerprint density at radius 1 is 1.35 bits per heavy atom. The summed E-state index contributed by atoms with van der Waals surface area (Å²) in [4.78, 5) is 15.0. The summed E-state index contributed by atoms with van der Waals surface area (Å²) in [5.74, 6) is 0.897. The highest BCUT2D eigenvalue weighted by Gasteiger charge is 2.24. The zero-order valence-electron chi connectivity index (χ0n) is 15.2. The molecular formula is C20H27N2O3S+. The Labute approximate surface area is 158 Å². The normalized spacial score (nSPS) is 17.8. The van der Waals surface area contributed by atoms with E-state index in [0.29, 0.717) is 13.1 Å². The molecule has 1 aliphatic rings. The number of rotatable bonds is 9. The van der Waals surface area contributed by atoms with Crippen molar-refractivity contribution in [2.45, 2.75) is 32.0 Å². The van der Waals surface area contributed by atoms with Crippen LogP contribution >= 0.6 is 11.3 Å². The fourth-order valence-corrected chi connectivity index (χ4v) is 4.00. The quantitative estimate of drug-likeness (QED) is 0.701. The number of methoxy groups -OCH3 is 1. The van der Waals surface area contributed by atoms with E-state index < -0.39 is 0 Å². The molecule has 1 unspecified atom stereocenters. The number of hydrogen-bond donors (Lipinski definition) is 2. The van der Waals surface area contributed by atoms with Crippen molar-refractivity contribution in [3.05, 3.63) is 52.2 Å². The van der Waals surface area contributed by atoms with Gasteiger partial charge in [-0.25, -0.2) is 0 Å². The van der Waals surface area contributed by atoms with Gasteiger partial charge in [-0.05, 0) is 42.0 Å². The van der Waals surface area contributed by atoms with E-state index in [1.54, 1.807) is 18.4 Å². The number of thiophene rings is 1. The first kappa shape index (κ1) is 18.9. The van der Waals surface area contributed by atoms with Gasteiger partial charge >= 0.3 is 0 Å². The predicted octanol–water partition coefficient (Wildman–Crippen LogP) is 1.64. The molecule has 3 rings (SSSR count). The molecule has 0 saturated carbocycles. The molecule has 0 aliphatic carbocycles. The van der Waals surface area contributed by atoms with E-state index in [2.05, 4.69) is 22.8 Å². The van der Waals surface area contributed by atoms with Crippen molar-refractivity contribution in [2.24, 2.45) is 0 Å². The average Bonchev–Trinajstić information content (AvgIpc) is 3.34. The molecule has 0 radical (unpaired) electrons. The lowest BCUT2D eigenvalue weighted by molar-refractivity contribution is -0.908. The lowest BCUT2D eigenvalue weighted by Crippen LogP contribution is -3.13. The van der Waals surface area contributed by atoms with Crippen LogP contribution in [0.25, 0.3) is 0 Å². The van der Waals surface area contributed by atoms with Gasteiger partial charge in [0.1, 0.15) is 24.9 Å². The summed E-state index contributed by atoms with van der Waals surface area (Å²) in [6.07, 6.45) is 2.50. The second-order valence-electron chi connectivity index (χ2n) is 6.65. The molecule has 2 N–H and O–H groups in total. The van der Waals surface area contributed by atoms with E-state index in [1.807, 2.05) is 24.3 Å². The largest absolute Gasteiger partial charge is 0.497 e. The van der Waals surface area contributed by atoms with E-state index in [-0.39, 0.29) is 12.0 Å². The molecule has 26 heavy (non-hydrogen) atoms. The summed E-state index contributed by atoms with van der Waals surface area (Å²) in [7, 11) is 1.65. The van der Waals surface area contributed by atoms with Crippen molar-refractivity contribution in [3.8, 4) is 5.75 Å². The highest BCUT2D eigenvalue weighted by molar-refractivity contribution is 7.09. The first-order chi connectivity index (χ1) is 12.7. The van der Waals surface area contributed by atoms with Crippen molar-refractivity contribution in [3.63, 3.8) is 0 Å². The van der Waals surface area contributed by atoms with Crippen LogP contribution in [0, 0.1) is 0 Å². The Hall–Kier alpha value is -1.89. The SMILES string of the molecule is COc1ccc(CNC(=O)C[NH+](Cc2cccs2)C[C@H]2CCCO2)cc1. The molecule has 1 aromatic heterocycles. The van der Waals surface area contributed by atoms with Gasteiger partial charge < -0.3 is 19.7 Å². The van der Waals surface area contributed by atoms with Crippen molar-refractivity contribution >= 4 is 17.2 Å². The molecule has 1 aliphatic heterocycles. The van der Waals surface area contributed by atoms with Crippen molar-refractivity contribution in [1.29, 1.82) is 0 Å². The second-order valence-corrected chi connectivity index (χ2v) is 7.68. The first-order valence-corrected chi connectivity index (χ1v) is 9.98. The average molecular weight is 376 g/mol. The van der Waals surface area contributed by atoms with Gasteiger partial charge in [0.15, 0.2) is 6.54 Å². The lowest BCUT2D eigenvalue weighted by Gasteiger charge is -2.21. The summed E-state index contributed by atoms with van der Waals surface area (Å²) in [5.41, 5.74) is 1.07. The Balaban J connectivity index is 1.51. The van der Waals surface area contributed by atoms with Crippen LogP contribution < -0.4 is 15.0 Å². The van der Waals surface area contributed by atoms with E-state index in [0.717, 1.165) is 43.9 Å². The van der Waals surface area contributed by atoms with Crippen LogP contribution in [0.1, 0.15) is 23.3 Å². The second kappa shape index (κ2) is 9.71. The minimum absolute atomic E-state index is 0.0744. The van der Waals surface area contributed by atoms with Crippen LogP contribution in [0.5, 0.6) is 5.75 Å². The maximum Gasteiger partial charge on any atom is 0.275 e. The molecule has 5 nitrogen and oxygen atoms in total. The fraction of sp³-hybridized carbons (Fsp3) is 0.450. The molecule has 2 aromatic rings. The van der Waals surface area contributed by atoms with Crippen LogP contribution in [0.2, 0.25) is 0 Å². The van der Waals surface area contributed by atoms with Crippen molar-refractivity contribution < 1.29 is 19.2 Å². The number of amides is 1. The third-order valence-corrected chi connectivity index (χ3v) is 5.48. The molecule has 6 heteroatoms. The fourth-order valence-electron chi connectivity index (χ4n) is 3.23. The summed E-state index contributed by atoms with van der Waals surface area (Å²) in [6, 6.07) is 12.0. The zero-order chi connectivity index (χ0) is 18.2. The monoisotopic (exact) mass is 375 g/mol. The highest BCUT2D eigenvalue weighted by atomic mass is 32.1. The van der Waals surface area contributed by atoms with Crippen LogP contribution in [0.3, 0.4) is 0 Å². The number of hydrogen-bond acceptors (Lipinski definition) is 4. The molecule has 0 spiro atoms. The van der Waals surface area contributed by atoms with Gasteiger partial charge in [-0.1, -0.05) is 18.2 Å². The lowest BCUT2D eigenvalue weighted by atomic mass is 10.2.